The second kappa shape index (κ2) is 6.21. The number of carbonyl (C=O) groups is 1. The standard InChI is InChI=1S/C12H17BrN2O4S/c1-12(2,3)19-7-11(16)15-8-4-5-10(9(13)6-8)20(14,17)18/h4-6H,7H2,1-3H3,(H,15,16)(H2,14,17,18). The number of anilines is 1. The molecule has 8 heteroatoms. The Morgan fingerprint density at radius 1 is 1.40 bits per heavy atom. The third kappa shape index (κ3) is 5.58. The lowest BCUT2D eigenvalue weighted by atomic mass is 10.2. The molecule has 1 aromatic carbocycles. The molecule has 0 bridgehead atoms. The minimum atomic E-state index is -3.79. The molecule has 0 aliphatic rings. The quantitative estimate of drug-likeness (QED) is 0.851. The van der Waals surface area contributed by atoms with Gasteiger partial charge in [-0.05, 0) is 54.9 Å². The van der Waals surface area contributed by atoms with Gasteiger partial charge in [-0.25, -0.2) is 13.6 Å². The van der Waals surface area contributed by atoms with Gasteiger partial charge >= 0.3 is 0 Å². The van der Waals surface area contributed by atoms with Gasteiger partial charge in [-0.3, -0.25) is 4.79 Å². The topological polar surface area (TPSA) is 98.5 Å². The molecule has 112 valence electrons. The molecule has 3 N–H and O–H groups in total. The number of primary sulfonamides is 1. The number of rotatable bonds is 4. The van der Waals surface area contributed by atoms with E-state index in [2.05, 4.69) is 21.2 Å². The number of carbonyl (C=O) groups excluding carboxylic acids is 1. The van der Waals surface area contributed by atoms with Crippen LogP contribution in [0, 0.1) is 0 Å². The summed E-state index contributed by atoms with van der Waals surface area (Å²) < 4.78 is 28.1. The number of halogens is 1. The second-order valence-corrected chi connectivity index (χ2v) is 7.52. The molecule has 0 unspecified atom stereocenters. The van der Waals surface area contributed by atoms with E-state index < -0.39 is 15.6 Å². The van der Waals surface area contributed by atoms with Gasteiger partial charge in [0.15, 0.2) is 0 Å². The number of ether oxygens (including phenoxy) is 1. The lowest BCUT2D eigenvalue weighted by Gasteiger charge is -2.19. The molecular formula is C12H17BrN2O4S. The molecule has 6 nitrogen and oxygen atoms in total. The fourth-order valence-corrected chi connectivity index (χ4v) is 2.93. The summed E-state index contributed by atoms with van der Waals surface area (Å²) in [5.74, 6) is -0.324. The average Bonchev–Trinajstić information content (AvgIpc) is 2.23. The summed E-state index contributed by atoms with van der Waals surface area (Å²) in [6, 6.07) is 4.24. The van der Waals surface area contributed by atoms with Gasteiger partial charge in [0.1, 0.15) is 6.61 Å². The minimum Gasteiger partial charge on any atom is -0.366 e. The van der Waals surface area contributed by atoms with Crippen LogP contribution in [-0.2, 0) is 19.6 Å². The molecular weight excluding hydrogens is 348 g/mol. The van der Waals surface area contributed by atoms with E-state index in [0.717, 1.165) is 0 Å². The first kappa shape index (κ1) is 17.1. The number of amides is 1. The van der Waals surface area contributed by atoms with Crippen LogP contribution in [0.2, 0.25) is 0 Å². The van der Waals surface area contributed by atoms with E-state index in [0.29, 0.717) is 5.69 Å². The Hall–Kier alpha value is -0.960. The van der Waals surface area contributed by atoms with E-state index in [1.54, 1.807) is 0 Å². The summed E-state index contributed by atoms with van der Waals surface area (Å²) in [7, 11) is -3.79. The normalized spacial score (nSPS) is 12.2. The third-order valence-corrected chi connectivity index (χ3v) is 4.05. The first-order valence-corrected chi connectivity index (χ1v) is 8.09. The van der Waals surface area contributed by atoms with Crippen molar-refractivity contribution < 1.29 is 17.9 Å². The SMILES string of the molecule is CC(C)(C)OCC(=O)Nc1ccc(S(N)(=O)=O)c(Br)c1. The molecule has 1 rings (SSSR count). The van der Waals surface area contributed by atoms with Gasteiger partial charge in [-0.15, -0.1) is 0 Å². The van der Waals surface area contributed by atoms with Crippen molar-refractivity contribution in [2.45, 2.75) is 31.3 Å². The van der Waals surface area contributed by atoms with E-state index in [9.17, 15) is 13.2 Å². The number of nitrogens with one attached hydrogen (secondary N) is 1. The number of benzene rings is 1. The molecule has 0 aliphatic heterocycles. The van der Waals surface area contributed by atoms with Crippen molar-refractivity contribution in [1.29, 1.82) is 0 Å². The van der Waals surface area contributed by atoms with Crippen molar-refractivity contribution in [3.63, 3.8) is 0 Å². The molecule has 0 saturated carbocycles. The van der Waals surface area contributed by atoms with Gasteiger partial charge in [-0.1, -0.05) is 0 Å². The largest absolute Gasteiger partial charge is 0.366 e. The van der Waals surface area contributed by atoms with Gasteiger partial charge in [0.25, 0.3) is 0 Å². The molecule has 0 atom stereocenters. The highest BCUT2D eigenvalue weighted by molar-refractivity contribution is 9.10. The maximum Gasteiger partial charge on any atom is 0.250 e. The van der Waals surface area contributed by atoms with E-state index in [4.69, 9.17) is 9.88 Å². The molecule has 0 fully saturated rings. The number of hydrogen-bond acceptors (Lipinski definition) is 4. The van der Waals surface area contributed by atoms with Crippen molar-refractivity contribution in [2.24, 2.45) is 5.14 Å². The maximum absolute atomic E-state index is 11.7. The molecule has 0 spiro atoms. The van der Waals surface area contributed by atoms with E-state index in [1.165, 1.54) is 18.2 Å². The van der Waals surface area contributed by atoms with Crippen molar-refractivity contribution in [3.05, 3.63) is 22.7 Å². The Labute approximate surface area is 126 Å². The lowest BCUT2D eigenvalue weighted by Crippen LogP contribution is -2.27. The van der Waals surface area contributed by atoms with Gasteiger partial charge in [0.2, 0.25) is 15.9 Å². The van der Waals surface area contributed by atoms with E-state index in [1.807, 2.05) is 20.8 Å². The summed E-state index contributed by atoms with van der Waals surface area (Å²) in [4.78, 5) is 11.6. The van der Waals surface area contributed by atoms with Gasteiger partial charge < -0.3 is 10.1 Å². The van der Waals surface area contributed by atoms with E-state index in [-0.39, 0.29) is 21.9 Å². The molecule has 20 heavy (non-hydrogen) atoms. The smallest absolute Gasteiger partial charge is 0.250 e. The van der Waals surface area contributed by atoms with Gasteiger partial charge in [-0.2, -0.15) is 0 Å². The van der Waals surface area contributed by atoms with Crippen LogP contribution in [0.4, 0.5) is 5.69 Å². The number of sulfonamides is 1. The highest BCUT2D eigenvalue weighted by atomic mass is 79.9. The van der Waals surface area contributed by atoms with Crippen LogP contribution in [0.1, 0.15) is 20.8 Å². The predicted molar refractivity (Wildman–Crippen MR) is 79.8 cm³/mol. The van der Waals surface area contributed by atoms with Crippen LogP contribution in [0.15, 0.2) is 27.6 Å². The Kier molecular flexibility index (Phi) is 5.31. The van der Waals surface area contributed by atoms with Crippen LogP contribution in [0.3, 0.4) is 0 Å². The summed E-state index contributed by atoms with van der Waals surface area (Å²) in [5.41, 5.74) is 0.0434. The predicted octanol–water partition coefficient (Wildman–Crippen LogP) is 1.85. The number of hydrogen-bond donors (Lipinski definition) is 2. The van der Waals surface area contributed by atoms with Crippen molar-refractivity contribution in [1.82, 2.24) is 0 Å². The highest BCUT2D eigenvalue weighted by Gasteiger charge is 2.15. The molecule has 0 radical (unpaired) electrons. The highest BCUT2D eigenvalue weighted by Crippen LogP contribution is 2.24. The molecule has 0 saturated heterocycles. The van der Waals surface area contributed by atoms with Crippen LogP contribution >= 0.6 is 15.9 Å². The zero-order valence-electron chi connectivity index (χ0n) is 11.4. The van der Waals surface area contributed by atoms with E-state index >= 15 is 0 Å². The molecule has 1 aromatic rings. The maximum atomic E-state index is 11.7. The Balaban J connectivity index is 2.76. The Morgan fingerprint density at radius 3 is 2.45 bits per heavy atom. The van der Waals surface area contributed by atoms with Crippen LogP contribution in [-0.4, -0.2) is 26.5 Å². The second-order valence-electron chi connectivity index (χ2n) is 5.14. The first-order valence-electron chi connectivity index (χ1n) is 5.75. The van der Waals surface area contributed by atoms with Gasteiger partial charge in [0.05, 0.1) is 10.5 Å². The van der Waals surface area contributed by atoms with Crippen molar-refractivity contribution >= 4 is 37.5 Å². The summed E-state index contributed by atoms with van der Waals surface area (Å²) in [6.45, 7) is 5.45. The molecule has 1 amide bonds. The zero-order valence-corrected chi connectivity index (χ0v) is 13.8. The first-order chi connectivity index (χ1) is 8.99. The molecule has 0 heterocycles. The lowest BCUT2D eigenvalue weighted by molar-refractivity contribution is -0.125. The summed E-state index contributed by atoms with van der Waals surface area (Å²) in [5, 5.41) is 7.64. The summed E-state index contributed by atoms with van der Waals surface area (Å²) in [6.07, 6.45) is 0. The van der Waals surface area contributed by atoms with Crippen LogP contribution in [0.5, 0.6) is 0 Å². The fraction of sp³-hybridized carbons (Fsp3) is 0.417. The third-order valence-electron chi connectivity index (χ3n) is 2.16. The van der Waals surface area contributed by atoms with Crippen LogP contribution in [0.25, 0.3) is 0 Å². The Morgan fingerprint density at radius 2 is 2.00 bits per heavy atom. The Bertz CT molecular complexity index is 608. The average molecular weight is 365 g/mol. The molecule has 0 aromatic heterocycles. The molecule has 0 aliphatic carbocycles. The zero-order chi connectivity index (χ0) is 15.6. The minimum absolute atomic E-state index is 0.0403. The number of nitrogens with two attached hydrogens (primary N) is 1. The monoisotopic (exact) mass is 364 g/mol. The van der Waals surface area contributed by atoms with Crippen molar-refractivity contribution in [2.75, 3.05) is 11.9 Å². The van der Waals surface area contributed by atoms with Crippen molar-refractivity contribution in [3.8, 4) is 0 Å². The van der Waals surface area contributed by atoms with Gasteiger partial charge in [0, 0.05) is 10.2 Å². The summed E-state index contributed by atoms with van der Waals surface area (Å²) >= 11 is 3.10. The fourth-order valence-electron chi connectivity index (χ4n) is 1.29. The van der Waals surface area contributed by atoms with Crippen LogP contribution < -0.4 is 10.5 Å².